The van der Waals surface area contributed by atoms with Crippen LogP contribution < -0.4 is 10.0 Å². The Kier molecular flexibility index (Phi) is 6.86. The molecule has 2 rings (SSSR count). The highest BCUT2D eigenvalue weighted by atomic mass is 32.2. The van der Waals surface area contributed by atoms with Gasteiger partial charge in [0.1, 0.15) is 5.76 Å². The lowest BCUT2D eigenvalue weighted by Crippen LogP contribution is -2.40. The number of carbonyl (C=O) groups excluding carboxylic acids is 1. The second kappa shape index (κ2) is 8.76. The van der Waals surface area contributed by atoms with Crippen LogP contribution in [0.5, 0.6) is 0 Å². The van der Waals surface area contributed by atoms with Crippen molar-refractivity contribution in [3.05, 3.63) is 54.0 Å². The molecule has 1 aromatic carbocycles. The standard InChI is InChI=1S/C17H20F3N3O4S/c1-23(2)14(15-7-4-8-27-15)10-21-16(24)11-22-28(25,26)13-6-3-5-12(9-13)17(18,19)20/h3-9,14,22H,10-11H2,1-2H3,(H,21,24). The number of benzene rings is 1. The van der Waals surface area contributed by atoms with Crippen LogP contribution in [0.3, 0.4) is 0 Å². The first-order chi connectivity index (χ1) is 13.0. The summed E-state index contributed by atoms with van der Waals surface area (Å²) >= 11 is 0. The summed E-state index contributed by atoms with van der Waals surface area (Å²) < 4.78 is 69.8. The second-order valence-corrected chi connectivity index (χ2v) is 7.92. The molecule has 1 unspecified atom stereocenters. The summed E-state index contributed by atoms with van der Waals surface area (Å²) in [7, 11) is -0.701. The first-order valence-electron chi connectivity index (χ1n) is 8.14. The monoisotopic (exact) mass is 419 g/mol. The molecule has 154 valence electrons. The number of halogens is 3. The van der Waals surface area contributed by atoms with Crippen LogP contribution in [-0.2, 0) is 21.0 Å². The second-order valence-electron chi connectivity index (χ2n) is 6.15. The molecule has 2 N–H and O–H groups in total. The quantitative estimate of drug-likeness (QED) is 0.683. The fraction of sp³-hybridized carbons (Fsp3) is 0.353. The fourth-order valence-electron chi connectivity index (χ4n) is 2.38. The summed E-state index contributed by atoms with van der Waals surface area (Å²) in [6.07, 6.45) is -3.17. The number of amides is 1. The summed E-state index contributed by atoms with van der Waals surface area (Å²) in [5.74, 6) is -0.0104. The van der Waals surface area contributed by atoms with Crippen molar-refractivity contribution < 1.29 is 30.8 Å². The Hall–Kier alpha value is -2.37. The molecule has 0 bridgehead atoms. The Balaban J connectivity index is 1.96. The van der Waals surface area contributed by atoms with E-state index in [-0.39, 0.29) is 12.6 Å². The molecule has 0 spiro atoms. The van der Waals surface area contributed by atoms with E-state index in [0.717, 1.165) is 18.2 Å². The molecule has 1 heterocycles. The maximum Gasteiger partial charge on any atom is 0.416 e. The van der Waals surface area contributed by atoms with Gasteiger partial charge in [-0.25, -0.2) is 13.1 Å². The van der Waals surface area contributed by atoms with Crippen LogP contribution in [0.2, 0.25) is 0 Å². The SMILES string of the molecule is CN(C)C(CNC(=O)CNS(=O)(=O)c1cccc(C(F)(F)F)c1)c1ccco1. The van der Waals surface area contributed by atoms with E-state index in [0.29, 0.717) is 11.8 Å². The number of nitrogens with one attached hydrogen (secondary N) is 2. The molecule has 0 aliphatic heterocycles. The molecular weight excluding hydrogens is 399 g/mol. The van der Waals surface area contributed by atoms with Gasteiger partial charge in [-0.2, -0.15) is 13.2 Å². The van der Waals surface area contributed by atoms with Crippen LogP contribution in [0.1, 0.15) is 17.4 Å². The number of hydrogen-bond acceptors (Lipinski definition) is 5. The molecule has 1 aromatic heterocycles. The minimum Gasteiger partial charge on any atom is -0.468 e. The molecule has 0 aliphatic rings. The van der Waals surface area contributed by atoms with Crippen molar-refractivity contribution in [3.8, 4) is 0 Å². The maximum absolute atomic E-state index is 12.7. The number of furan rings is 1. The van der Waals surface area contributed by atoms with Gasteiger partial charge in [0.05, 0.1) is 29.3 Å². The van der Waals surface area contributed by atoms with Crippen molar-refractivity contribution in [1.82, 2.24) is 14.9 Å². The predicted molar refractivity (Wildman–Crippen MR) is 94.8 cm³/mol. The van der Waals surface area contributed by atoms with Crippen molar-refractivity contribution in [1.29, 1.82) is 0 Å². The highest BCUT2D eigenvalue weighted by Crippen LogP contribution is 2.30. The Morgan fingerprint density at radius 1 is 1.21 bits per heavy atom. The zero-order valence-electron chi connectivity index (χ0n) is 15.2. The van der Waals surface area contributed by atoms with E-state index in [1.165, 1.54) is 6.26 Å². The van der Waals surface area contributed by atoms with Gasteiger partial charge in [0.2, 0.25) is 15.9 Å². The lowest BCUT2D eigenvalue weighted by Gasteiger charge is -2.22. The molecule has 1 amide bonds. The molecule has 0 saturated heterocycles. The number of likely N-dealkylation sites (N-methyl/N-ethyl adjacent to an activating group) is 1. The van der Waals surface area contributed by atoms with Crippen LogP contribution >= 0.6 is 0 Å². The van der Waals surface area contributed by atoms with Crippen molar-refractivity contribution >= 4 is 15.9 Å². The van der Waals surface area contributed by atoms with E-state index < -0.39 is 39.1 Å². The molecule has 28 heavy (non-hydrogen) atoms. The molecule has 0 radical (unpaired) electrons. The summed E-state index contributed by atoms with van der Waals surface area (Å²) in [5, 5.41) is 2.56. The lowest BCUT2D eigenvalue weighted by molar-refractivity contribution is -0.137. The Morgan fingerprint density at radius 2 is 1.93 bits per heavy atom. The van der Waals surface area contributed by atoms with E-state index in [4.69, 9.17) is 4.42 Å². The summed E-state index contributed by atoms with van der Waals surface area (Å²) in [6.45, 7) is -0.457. The van der Waals surface area contributed by atoms with Gasteiger partial charge in [0.25, 0.3) is 0 Å². The van der Waals surface area contributed by atoms with E-state index in [2.05, 4.69) is 5.32 Å². The number of nitrogens with zero attached hydrogens (tertiary/aromatic N) is 1. The number of sulfonamides is 1. The fourth-order valence-corrected chi connectivity index (χ4v) is 3.40. The third-order valence-corrected chi connectivity index (χ3v) is 5.28. The van der Waals surface area contributed by atoms with E-state index >= 15 is 0 Å². The van der Waals surface area contributed by atoms with Crippen molar-refractivity contribution in [2.75, 3.05) is 27.2 Å². The lowest BCUT2D eigenvalue weighted by atomic mass is 10.2. The first-order valence-corrected chi connectivity index (χ1v) is 9.62. The van der Waals surface area contributed by atoms with Gasteiger partial charge >= 0.3 is 6.18 Å². The summed E-state index contributed by atoms with van der Waals surface area (Å²) in [6, 6.07) is 6.47. The van der Waals surface area contributed by atoms with E-state index in [1.807, 2.05) is 9.62 Å². The number of hydrogen-bond donors (Lipinski definition) is 2. The Morgan fingerprint density at radius 3 is 2.50 bits per heavy atom. The van der Waals surface area contributed by atoms with Gasteiger partial charge in [-0.05, 0) is 44.4 Å². The topological polar surface area (TPSA) is 91.7 Å². The van der Waals surface area contributed by atoms with Crippen molar-refractivity contribution in [2.24, 2.45) is 0 Å². The van der Waals surface area contributed by atoms with Gasteiger partial charge in [0, 0.05) is 6.54 Å². The molecular formula is C17H20F3N3O4S. The normalized spacial score (nSPS) is 13.5. The first kappa shape index (κ1) is 21.9. The average molecular weight is 419 g/mol. The molecule has 0 aliphatic carbocycles. The Bertz CT molecular complexity index is 897. The number of rotatable bonds is 8. The molecule has 1 atom stereocenters. The van der Waals surface area contributed by atoms with Gasteiger partial charge in [-0.15, -0.1) is 0 Å². The van der Waals surface area contributed by atoms with E-state index in [9.17, 15) is 26.4 Å². The minimum absolute atomic E-state index is 0.157. The van der Waals surface area contributed by atoms with Gasteiger partial charge in [-0.3, -0.25) is 9.69 Å². The number of alkyl halides is 3. The molecule has 2 aromatic rings. The molecule has 11 heteroatoms. The predicted octanol–water partition coefficient (Wildman–Crippen LogP) is 2.00. The van der Waals surface area contributed by atoms with Gasteiger partial charge in [-0.1, -0.05) is 6.07 Å². The molecule has 7 nitrogen and oxygen atoms in total. The summed E-state index contributed by atoms with van der Waals surface area (Å²) in [5.41, 5.74) is -1.09. The highest BCUT2D eigenvalue weighted by molar-refractivity contribution is 7.89. The number of carbonyl (C=O) groups is 1. The van der Waals surface area contributed by atoms with Crippen LogP contribution in [0.4, 0.5) is 13.2 Å². The largest absolute Gasteiger partial charge is 0.468 e. The van der Waals surface area contributed by atoms with E-state index in [1.54, 1.807) is 26.2 Å². The van der Waals surface area contributed by atoms with Crippen LogP contribution in [-0.4, -0.2) is 46.4 Å². The third-order valence-electron chi connectivity index (χ3n) is 3.88. The van der Waals surface area contributed by atoms with Crippen LogP contribution in [0.25, 0.3) is 0 Å². The summed E-state index contributed by atoms with van der Waals surface area (Å²) in [4.78, 5) is 13.2. The van der Waals surface area contributed by atoms with Gasteiger partial charge < -0.3 is 9.73 Å². The van der Waals surface area contributed by atoms with Crippen molar-refractivity contribution in [2.45, 2.75) is 17.1 Å². The van der Waals surface area contributed by atoms with Gasteiger partial charge in [0.15, 0.2) is 0 Å². The van der Waals surface area contributed by atoms with Crippen molar-refractivity contribution in [3.63, 3.8) is 0 Å². The maximum atomic E-state index is 12.7. The molecule has 0 saturated carbocycles. The average Bonchev–Trinajstić information content (AvgIpc) is 3.13. The minimum atomic E-state index is -4.67. The highest BCUT2D eigenvalue weighted by Gasteiger charge is 2.31. The van der Waals surface area contributed by atoms with Crippen LogP contribution in [0.15, 0.2) is 52.0 Å². The zero-order valence-corrected chi connectivity index (χ0v) is 16.0. The molecule has 0 fully saturated rings. The zero-order chi connectivity index (χ0) is 20.9. The smallest absolute Gasteiger partial charge is 0.416 e. The third kappa shape index (κ3) is 5.81. The van der Waals surface area contributed by atoms with Crippen LogP contribution in [0, 0.1) is 0 Å². The Labute approximate surface area is 160 Å².